The van der Waals surface area contributed by atoms with Gasteiger partial charge in [0, 0.05) is 0 Å². The number of benzene rings is 2. The first kappa shape index (κ1) is 19.5. The van der Waals surface area contributed by atoms with Crippen LogP contribution >= 0.6 is 0 Å². The van der Waals surface area contributed by atoms with Gasteiger partial charge in [-0.3, -0.25) is 4.72 Å². The highest BCUT2D eigenvalue weighted by molar-refractivity contribution is 7.92. The summed E-state index contributed by atoms with van der Waals surface area (Å²) in [7, 11) is -1.54. The lowest BCUT2D eigenvalue weighted by Crippen LogP contribution is -2.16. The van der Waals surface area contributed by atoms with Gasteiger partial charge in [0.1, 0.15) is 0 Å². The number of sulfonamides is 1. The lowest BCUT2D eigenvalue weighted by molar-refractivity contribution is 0.0599. The van der Waals surface area contributed by atoms with Crippen LogP contribution in [0.2, 0.25) is 0 Å². The molecule has 0 bridgehead atoms. The van der Waals surface area contributed by atoms with Crippen molar-refractivity contribution >= 4 is 27.6 Å². The Kier molecular flexibility index (Phi) is 5.66. The summed E-state index contributed by atoms with van der Waals surface area (Å²) in [4.78, 5) is 23.7. The Morgan fingerprint density at radius 3 is 1.88 bits per heavy atom. The van der Waals surface area contributed by atoms with Crippen molar-refractivity contribution in [1.29, 1.82) is 0 Å². The Labute approximate surface area is 152 Å². The van der Waals surface area contributed by atoms with E-state index in [0.29, 0.717) is 5.56 Å². The van der Waals surface area contributed by atoms with Crippen molar-refractivity contribution in [2.45, 2.75) is 18.7 Å². The van der Waals surface area contributed by atoms with Crippen molar-refractivity contribution in [2.24, 2.45) is 0 Å². The zero-order valence-electron chi connectivity index (χ0n) is 14.8. The molecule has 0 unspecified atom stereocenters. The molecule has 0 aromatic heterocycles. The summed E-state index contributed by atoms with van der Waals surface area (Å²) in [6.45, 7) is 3.55. The fourth-order valence-corrected chi connectivity index (χ4v) is 3.74. The molecule has 2 aromatic carbocycles. The minimum absolute atomic E-state index is 0.0220. The fourth-order valence-electron chi connectivity index (χ4n) is 2.47. The summed E-state index contributed by atoms with van der Waals surface area (Å²) in [6.07, 6.45) is 0. The summed E-state index contributed by atoms with van der Waals surface area (Å²) < 4.78 is 37.1. The Morgan fingerprint density at radius 1 is 0.885 bits per heavy atom. The van der Waals surface area contributed by atoms with Gasteiger partial charge in [-0.2, -0.15) is 0 Å². The number of esters is 2. The number of carbonyl (C=O) groups excluding carboxylic acids is 2. The molecule has 1 N–H and O–H groups in total. The smallest absolute Gasteiger partial charge is 0.337 e. The second kappa shape index (κ2) is 7.57. The van der Waals surface area contributed by atoms with E-state index in [1.165, 1.54) is 38.5 Å². The van der Waals surface area contributed by atoms with Gasteiger partial charge in [0.05, 0.1) is 35.9 Å². The largest absolute Gasteiger partial charge is 0.465 e. The zero-order chi connectivity index (χ0) is 19.5. The van der Waals surface area contributed by atoms with Crippen LogP contribution in [0.1, 0.15) is 31.8 Å². The van der Waals surface area contributed by atoms with E-state index < -0.39 is 22.0 Å². The average molecular weight is 377 g/mol. The van der Waals surface area contributed by atoms with Gasteiger partial charge in [-0.05, 0) is 43.7 Å². The molecule has 2 aromatic rings. The average Bonchev–Trinajstić information content (AvgIpc) is 2.59. The number of aryl methyl sites for hydroxylation is 2. The van der Waals surface area contributed by atoms with Gasteiger partial charge in [-0.25, -0.2) is 18.0 Å². The Morgan fingerprint density at radius 2 is 1.42 bits per heavy atom. The fraction of sp³-hybridized carbons (Fsp3) is 0.222. The van der Waals surface area contributed by atoms with E-state index in [-0.39, 0.29) is 21.7 Å². The molecule has 0 saturated heterocycles. The first-order valence-electron chi connectivity index (χ1n) is 7.59. The molecule has 0 amide bonds. The van der Waals surface area contributed by atoms with E-state index in [0.717, 1.165) is 5.56 Å². The highest BCUT2D eigenvalue weighted by Gasteiger charge is 2.20. The topological polar surface area (TPSA) is 98.8 Å². The maximum absolute atomic E-state index is 12.7. The SMILES string of the molecule is COC(=O)c1cc(NS(=O)(=O)c2ccc(C)cc2C)cc(C(=O)OC)c1. The highest BCUT2D eigenvalue weighted by atomic mass is 32.2. The van der Waals surface area contributed by atoms with Gasteiger partial charge in [0.2, 0.25) is 0 Å². The van der Waals surface area contributed by atoms with Crippen molar-refractivity contribution in [1.82, 2.24) is 0 Å². The van der Waals surface area contributed by atoms with Gasteiger partial charge in [0.15, 0.2) is 0 Å². The van der Waals surface area contributed by atoms with Gasteiger partial charge in [0.25, 0.3) is 10.0 Å². The molecule has 0 heterocycles. The second-order valence-corrected chi connectivity index (χ2v) is 7.31. The predicted molar refractivity (Wildman–Crippen MR) is 95.8 cm³/mol. The summed E-state index contributed by atoms with van der Waals surface area (Å²) in [6, 6.07) is 8.79. The quantitative estimate of drug-likeness (QED) is 0.805. The van der Waals surface area contributed by atoms with Crippen LogP contribution in [0.15, 0.2) is 41.3 Å². The van der Waals surface area contributed by atoms with Crippen LogP contribution < -0.4 is 4.72 Å². The molecule has 0 aliphatic heterocycles. The number of ether oxygens (including phenoxy) is 2. The lowest BCUT2D eigenvalue weighted by atomic mass is 10.1. The number of nitrogens with one attached hydrogen (secondary N) is 1. The molecule has 138 valence electrons. The number of carbonyl (C=O) groups is 2. The summed E-state index contributed by atoms with van der Waals surface area (Å²) in [5, 5.41) is 0. The highest BCUT2D eigenvalue weighted by Crippen LogP contribution is 2.23. The first-order valence-corrected chi connectivity index (χ1v) is 9.08. The molecule has 0 saturated carbocycles. The van der Waals surface area contributed by atoms with Crippen LogP contribution in [0.3, 0.4) is 0 Å². The zero-order valence-corrected chi connectivity index (χ0v) is 15.6. The molecule has 0 aliphatic carbocycles. The summed E-state index contributed by atoms with van der Waals surface area (Å²) in [5.74, 6) is -1.41. The first-order chi connectivity index (χ1) is 12.2. The Balaban J connectivity index is 2.50. The molecule has 8 heteroatoms. The second-order valence-electron chi connectivity index (χ2n) is 5.66. The molecule has 26 heavy (non-hydrogen) atoms. The molecule has 0 aliphatic rings. The van der Waals surface area contributed by atoms with Crippen molar-refractivity contribution in [3.63, 3.8) is 0 Å². The van der Waals surface area contributed by atoms with E-state index in [9.17, 15) is 18.0 Å². The maximum atomic E-state index is 12.7. The van der Waals surface area contributed by atoms with Crippen molar-refractivity contribution in [2.75, 3.05) is 18.9 Å². The van der Waals surface area contributed by atoms with Crippen molar-refractivity contribution in [3.05, 3.63) is 58.7 Å². The van der Waals surface area contributed by atoms with E-state index in [1.807, 2.05) is 6.92 Å². The van der Waals surface area contributed by atoms with E-state index in [2.05, 4.69) is 14.2 Å². The van der Waals surface area contributed by atoms with Crippen LogP contribution in [0.4, 0.5) is 5.69 Å². The molecule has 0 fully saturated rings. The van der Waals surface area contributed by atoms with Gasteiger partial charge in [-0.1, -0.05) is 17.7 Å². The summed E-state index contributed by atoms with van der Waals surface area (Å²) >= 11 is 0. The van der Waals surface area contributed by atoms with E-state index >= 15 is 0 Å². The molecule has 7 nitrogen and oxygen atoms in total. The van der Waals surface area contributed by atoms with Crippen LogP contribution in [-0.4, -0.2) is 34.6 Å². The third-order valence-corrected chi connectivity index (χ3v) is 5.19. The number of hydrogen-bond donors (Lipinski definition) is 1. The number of methoxy groups -OCH3 is 2. The van der Waals surface area contributed by atoms with Crippen LogP contribution in [-0.2, 0) is 19.5 Å². The van der Waals surface area contributed by atoms with Gasteiger partial charge < -0.3 is 9.47 Å². The number of rotatable bonds is 5. The monoisotopic (exact) mass is 377 g/mol. The minimum atomic E-state index is -3.91. The Hall–Kier alpha value is -2.87. The molecular formula is C18H19NO6S. The van der Waals surface area contributed by atoms with Crippen LogP contribution in [0.25, 0.3) is 0 Å². The van der Waals surface area contributed by atoms with Gasteiger partial charge in [-0.15, -0.1) is 0 Å². The third-order valence-electron chi connectivity index (χ3n) is 3.65. The molecule has 0 atom stereocenters. The van der Waals surface area contributed by atoms with E-state index in [4.69, 9.17) is 0 Å². The molecule has 0 spiro atoms. The van der Waals surface area contributed by atoms with Crippen LogP contribution in [0.5, 0.6) is 0 Å². The normalized spacial score (nSPS) is 10.9. The molecule has 2 rings (SSSR count). The maximum Gasteiger partial charge on any atom is 0.337 e. The lowest BCUT2D eigenvalue weighted by Gasteiger charge is -2.13. The predicted octanol–water partition coefficient (Wildman–Crippen LogP) is 2.68. The minimum Gasteiger partial charge on any atom is -0.465 e. The van der Waals surface area contributed by atoms with Crippen molar-refractivity contribution < 1.29 is 27.5 Å². The standard InChI is InChI=1S/C18H19NO6S/c1-11-5-6-16(12(2)7-11)26(22,23)19-15-9-13(17(20)24-3)8-14(10-15)18(21)25-4/h5-10,19H,1-4H3. The van der Waals surface area contributed by atoms with Crippen molar-refractivity contribution in [3.8, 4) is 0 Å². The third kappa shape index (κ3) is 4.20. The van der Waals surface area contributed by atoms with Crippen LogP contribution in [0, 0.1) is 13.8 Å². The number of anilines is 1. The Bertz CT molecular complexity index is 931. The summed E-state index contributed by atoms with van der Waals surface area (Å²) in [5.41, 5.74) is 1.60. The van der Waals surface area contributed by atoms with E-state index in [1.54, 1.807) is 19.1 Å². The molecular weight excluding hydrogens is 358 g/mol. The number of hydrogen-bond acceptors (Lipinski definition) is 6. The van der Waals surface area contributed by atoms with Gasteiger partial charge >= 0.3 is 11.9 Å². The molecule has 0 radical (unpaired) electrons.